The van der Waals surface area contributed by atoms with Crippen molar-refractivity contribution in [3.05, 3.63) is 82.2 Å². The number of ether oxygens (including phenoxy) is 1. The topological polar surface area (TPSA) is 122 Å². The van der Waals surface area contributed by atoms with Crippen molar-refractivity contribution >= 4 is 16.6 Å². The summed E-state index contributed by atoms with van der Waals surface area (Å²) in [6, 6.07) is 14.2. The van der Waals surface area contributed by atoms with Crippen molar-refractivity contribution in [2.75, 3.05) is 7.11 Å². The summed E-state index contributed by atoms with van der Waals surface area (Å²) in [5.41, 5.74) is 7.23. The van der Waals surface area contributed by atoms with Gasteiger partial charge in [-0.3, -0.25) is 9.59 Å². The van der Waals surface area contributed by atoms with Gasteiger partial charge in [-0.2, -0.15) is 0 Å². The first-order valence-corrected chi connectivity index (χ1v) is 11.3. The number of aryl methyl sites for hydroxylation is 1. The first-order chi connectivity index (χ1) is 15.7. The number of rotatable bonds is 8. The maximum atomic E-state index is 12.5. The third kappa shape index (κ3) is 5.80. The predicted molar refractivity (Wildman–Crippen MR) is 124 cm³/mol. The Balaban J connectivity index is 1.72. The van der Waals surface area contributed by atoms with Gasteiger partial charge in [0.25, 0.3) is 5.56 Å². The molecule has 9 heteroatoms. The number of nitrogens with zero attached hydrogens (tertiary/aromatic N) is 1. The fraction of sp³-hybridized carbons (Fsp3) is 0.250. The molecule has 33 heavy (non-hydrogen) atoms. The van der Waals surface area contributed by atoms with Crippen molar-refractivity contribution in [3.63, 3.8) is 0 Å². The standard InChI is InChI=1S/C24H24N2O6S/c1-24(23(25)28,33(29)30)12-14-26-13-11-19(15-22(26)27)18-6-3-17(4-7-18)5-8-20-9-10-21(32-20)16-31-2/h3-4,6-7,9-11,13,15,33H,12,14,16H2,1-2H3,(H2,25,28). The molecule has 8 nitrogen and oxygen atoms in total. The van der Waals surface area contributed by atoms with Gasteiger partial charge >= 0.3 is 0 Å². The predicted octanol–water partition coefficient (Wildman–Crippen LogP) is 1.90. The summed E-state index contributed by atoms with van der Waals surface area (Å²) in [6.07, 6.45) is 1.48. The number of amides is 1. The number of nitrogens with two attached hydrogens (primary N) is 1. The van der Waals surface area contributed by atoms with E-state index in [1.807, 2.05) is 30.3 Å². The lowest BCUT2D eigenvalue weighted by Gasteiger charge is -2.19. The minimum atomic E-state index is -3.07. The lowest BCUT2D eigenvalue weighted by atomic mass is 10.0. The molecule has 1 unspecified atom stereocenters. The Morgan fingerprint density at radius 3 is 2.45 bits per heavy atom. The van der Waals surface area contributed by atoms with Crippen molar-refractivity contribution in [1.29, 1.82) is 0 Å². The monoisotopic (exact) mass is 468 g/mol. The van der Waals surface area contributed by atoms with Crippen LogP contribution >= 0.6 is 0 Å². The normalized spacial score (nSPS) is 12.7. The highest BCUT2D eigenvalue weighted by Crippen LogP contribution is 2.19. The number of aromatic nitrogens is 1. The molecule has 0 aliphatic carbocycles. The molecule has 0 saturated carbocycles. The summed E-state index contributed by atoms with van der Waals surface area (Å²) in [4.78, 5) is 24.0. The van der Waals surface area contributed by atoms with Gasteiger partial charge in [-0.25, -0.2) is 8.42 Å². The number of primary amides is 1. The highest BCUT2D eigenvalue weighted by atomic mass is 32.2. The molecule has 2 aromatic heterocycles. The Morgan fingerprint density at radius 2 is 1.85 bits per heavy atom. The van der Waals surface area contributed by atoms with Crippen LogP contribution in [0.1, 0.15) is 30.4 Å². The third-order valence-electron chi connectivity index (χ3n) is 5.27. The average Bonchev–Trinajstić information content (AvgIpc) is 3.24. The van der Waals surface area contributed by atoms with Crippen LogP contribution in [0.15, 0.2) is 63.9 Å². The zero-order chi connectivity index (χ0) is 24.0. The maximum Gasteiger partial charge on any atom is 0.251 e. The van der Waals surface area contributed by atoms with Crippen LogP contribution in [0, 0.1) is 11.8 Å². The van der Waals surface area contributed by atoms with E-state index in [2.05, 4.69) is 11.8 Å². The van der Waals surface area contributed by atoms with Gasteiger partial charge in [0.05, 0.1) is 0 Å². The molecule has 1 aromatic carbocycles. The third-order valence-corrected chi connectivity index (χ3v) is 6.52. The van der Waals surface area contributed by atoms with Crippen LogP contribution in [0.4, 0.5) is 0 Å². The molecule has 0 fully saturated rings. The van der Waals surface area contributed by atoms with E-state index in [0.29, 0.717) is 23.7 Å². The molecule has 1 atom stereocenters. The molecule has 2 N–H and O–H groups in total. The molecule has 2 heterocycles. The summed E-state index contributed by atoms with van der Waals surface area (Å²) in [6.45, 7) is 1.70. The molecule has 0 bridgehead atoms. The van der Waals surface area contributed by atoms with Crippen LogP contribution in [0.5, 0.6) is 0 Å². The zero-order valence-electron chi connectivity index (χ0n) is 18.2. The second-order valence-corrected chi connectivity index (χ2v) is 9.12. The number of carbonyl (C=O) groups is 1. The summed E-state index contributed by atoms with van der Waals surface area (Å²) >= 11 is 0. The molecule has 172 valence electrons. The minimum absolute atomic E-state index is 0.0509. The van der Waals surface area contributed by atoms with Crippen molar-refractivity contribution in [3.8, 4) is 23.0 Å². The molecule has 0 saturated heterocycles. The van der Waals surface area contributed by atoms with E-state index in [0.717, 1.165) is 11.1 Å². The highest BCUT2D eigenvalue weighted by Gasteiger charge is 2.34. The molecule has 0 aliphatic rings. The average molecular weight is 469 g/mol. The Bertz CT molecular complexity index is 1330. The van der Waals surface area contributed by atoms with E-state index in [1.165, 1.54) is 17.6 Å². The van der Waals surface area contributed by atoms with Gasteiger partial charge < -0.3 is 19.5 Å². The van der Waals surface area contributed by atoms with Gasteiger partial charge in [-0.15, -0.1) is 0 Å². The van der Waals surface area contributed by atoms with Gasteiger partial charge in [0.2, 0.25) is 5.91 Å². The van der Waals surface area contributed by atoms with Gasteiger partial charge in [-0.1, -0.05) is 18.1 Å². The van der Waals surface area contributed by atoms with Crippen molar-refractivity contribution in [2.24, 2.45) is 5.73 Å². The number of carbonyl (C=O) groups excluding carboxylic acids is 1. The number of benzene rings is 1. The molecular formula is C24H24N2O6S. The summed E-state index contributed by atoms with van der Waals surface area (Å²) in [7, 11) is -1.48. The minimum Gasteiger partial charge on any atom is -0.450 e. The number of hydrogen-bond acceptors (Lipinski definition) is 6. The molecule has 0 aliphatic heterocycles. The Hall–Kier alpha value is -3.61. The molecular weight excluding hydrogens is 444 g/mol. The van der Waals surface area contributed by atoms with Gasteiger partial charge in [-0.05, 0) is 60.7 Å². The van der Waals surface area contributed by atoms with Crippen molar-refractivity contribution in [2.45, 2.75) is 31.2 Å². The zero-order valence-corrected chi connectivity index (χ0v) is 19.1. The van der Waals surface area contributed by atoms with E-state index in [9.17, 15) is 18.0 Å². The number of hydrogen-bond donors (Lipinski definition) is 2. The Labute approximate surface area is 192 Å². The lowest BCUT2D eigenvalue weighted by molar-refractivity contribution is -0.120. The SMILES string of the molecule is COCc1ccc(C#Cc2ccc(-c3ccn(CCC(C)(C(N)=O)[SH](=O)=O)c(=O)c3)cc2)o1. The number of pyridine rings is 1. The van der Waals surface area contributed by atoms with Crippen LogP contribution in [-0.2, 0) is 33.4 Å². The fourth-order valence-corrected chi connectivity index (χ4v) is 3.52. The van der Waals surface area contributed by atoms with E-state index in [-0.39, 0.29) is 18.5 Å². The summed E-state index contributed by atoms with van der Waals surface area (Å²) < 4.78 is 33.0. The number of thiol groups is 1. The Kier molecular flexibility index (Phi) is 7.53. The summed E-state index contributed by atoms with van der Waals surface area (Å²) in [5.74, 6) is 6.29. The van der Waals surface area contributed by atoms with Crippen LogP contribution in [0.3, 0.4) is 0 Å². The molecule has 3 rings (SSSR count). The Morgan fingerprint density at radius 1 is 1.12 bits per heavy atom. The number of methoxy groups -OCH3 is 1. The lowest BCUT2D eigenvalue weighted by Crippen LogP contribution is -2.43. The van der Waals surface area contributed by atoms with E-state index >= 15 is 0 Å². The highest BCUT2D eigenvalue weighted by molar-refractivity contribution is 7.75. The first kappa shape index (κ1) is 24.0. The van der Waals surface area contributed by atoms with Crippen LogP contribution < -0.4 is 11.3 Å². The van der Waals surface area contributed by atoms with E-state index in [1.54, 1.807) is 25.4 Å². The van der Waals surface area contributed by atoms with Gasteiger partial charge in [0.1, 0.15) is 17.1 Å². The quantitative estimate of drug-likeness (QED) is 0.385. The summed E-state index contributed by atoms with van der Waals surface area (Å²) in [5, 5.41) is 0. The van der Waals surface area contributed by atoms with E-state index < -0.39 is 21.4 Å². The first-order valence-electron chi connectivity index (χ1n) is 10.1. The second kappa shape index (κ2) is 10.3. The van der Waals surface area contributed by atoms with Crippen molar-refractivity contribution < 1.29 is 22.4 Å². The van der Waals surface area contributed by atoms with Gasteiger partial charge in [0.15, 0.2) is 16.5 Å². The smallest absolute Gasteiger partial charge is 0.251 e. The van der Waals surface area contributed by atoms with E-state index in [4.69, 9.17) is 14.9 Å². The molecule has 0 spiro atoms. The van der Waals surface area contributed by atoms with Gasteiger partial charge in [0, 0.05) is 31.5 Å². The molecule has 3 aromatic rings. The maximum absolute atomic E-state index is 12.5. The fourth-order valence-electron chi connectivity index (χ4n) is 3.06. The molecule has 1 amide bonds. The largest absolute Gasteiger partial charge is 0.450 e. The number of furan rings is 1. The van der Waals surface area contributed by atoms with Crippen LogP contribution in [-0.4, -0.2) is 30.7 Å². The molecule has 0 radical (unpaired) electrons. The van der Waals surface area contributed by atoms with Crippen LogP contribution in [0.25, 0.3) is 11.1 Å². The van der Waals surface area contributed by atoms with Crippen LogP contribution in [0.2, 0.25) is 0 Å². The van der Waals surface area contributed by atoms with Crippen molar-refractivity contribution in [1.82, 2.24) is 4.57 Å². The second-order valence-electron chi connectivity index (χ2n) is 7.62.